The highest BCUT2D eigenvalue weighted by Crippen LogP contribution is 2.35. The van der Waals surface area contributed by atoms with Crippen LogP contribution in [0.3, 0.4) is 0 Å². The van der Waals surface area contributed by atoms with Gasteiger partial charge in [-0.05, 0) is 30.7 Å². The van der Waals surface area contributed by atoms with Gasteiger partial charge in [0.2, 0.25) is 5.91 Å². The van der Waals surface area contributed by atoms with Crippen molar-refractivity contribution < 1.29 is 13.2 Å². The summed E-state index contributed by atoms with van der Waals surface area (Å²) in [6.07, 6.45) is 0.493. The summed E-state index contributed by atoms with van der Waals surface area (Å²) in [5.74, 6) is -0.164. The molecule has 6 nitrogen and oxygen atoms in total. The summed E-state index contributed by atoms with van der Waals surface area (Å²) < 4.78 is 28.4. The van der Waals surface area contributed by atoms with E-state index < -0.39 is 10.0 Å². The van der Waals surface area contributed by atoms with Crippen LogP contribution in [-0.2, 0) is 14.8 Å². The predicted molar refractivity (Wildman–Crippen MR) is 121 cm³/mol. The maximum Gasteiger partial charge on any atom is 0.261 e. The molecule has 0 fully saturated rings. The standard InChI is InChI=1S/C24H23N3O3S/c1-17-12-14-19(15-13-17)24-16-23(25-27(24)18(2)28)21-10-6-7-11-22(21)26-31(29,30)20-8-4-3-5-9-20/h3-15,24,26H,16H2,1-2H3. The number of amides is 1. The number of carbonyl (C=O) groups excluding carboxylic acids is 1. The van der Waals surface area contributed by atoms with E-state index in [0.717, 1.165) is 11.1 Å². The number of rotatable bonds is 5. The molecule has 0 radical (unpaired) electrons. The van der Waals surface area contributed by atoms with Crippen LogP contribution in [0.1, 0.15) is 36.1 Å². The number of anilines is 1. The topological polar surface area (TPSA) is 78.8 Å². The smallest absolute Gasteiger partial charge is 0.261 e. The van der Waals surface area contributed by atoms with Crippen molar-refractivity contribution >= 4 is 27.3 Å². The first-order valence-corrected chi connectivity index (χ1v) is 11.4. The molecule has 3 aromatic carbocycles. The Kier molecular flexibility index (Phi) is 5.61. The van der Waals surface area contributed by atoms with E-state index in [0.29, 0.717) is 23.4 Å². The average molecular weight is 434 g/mol. The lowest BCUT2D eigenvalue weighted by atomic mass is 9.97. The van der Waals surface area contributed by atoms with Crippen molar-refractivity contribution in [2.24, 2.45) is 5.10 Å². The molecule has 158 valence electrons. The van der Waals surface area contributed by atoms with Gasteiger partial charge in [0.15, 0.2) is 0 Å². The molecule has 0 spiro atoms. The monoisotopic (exact) mass is 433 g/mol. The first kappa shape index (κ1) is 20.8. The van der Waals surface area contributed by atoms with E-state index in [1.165, 1.54) is 11.9 Å². The Morgan fingerprint density at radius 3 is 2.29 bits per heavy atom. The summed E-state index contributed by atoms with van der Waals surface area (Å²) in [6.45, 7) is 3.50. The lowest BCUT2D eigenvalue weighted by Gasteiger charge is -2.20. The van der Waals surface area contributed by atoms with E-state index in [1.54, 1.807) is 42.5 Å². The molecule has 0 aromatic heterocycles. The van der Waals surface area contributed by atoms with E-state index in [-0.39, 0.29) is 16.8 Å². The average Bonchev–Trinajstić information content (AvgIpc) is 3.21. The molecule has 1 aliphatic rings. The summed E-state index contributed by atoms with van der Waals surface area (Å²) in [6, 6.07) is 23.1. The molecule has 0 saturated carbocycles. The maximum absolute atomic E-state index is 12.8. The SMILES string of the molecule is CC(=O)N1N=C(c2ccccc2NS(=O)(=O)c2ccccc2)CC1c1ccc(C)cc1. The van der Waals surface area contributed by atoms with Crippen LogP contribution in [0, 0.1) is 6.92 Å². The minimum Gasteiger partial charge on any atom is -0.279 e. The molecule has 0 saturated heterocycles. The fraction of sp³-hybridized carbons (Fsp3) is 0.167. The normalized spacial score (nSPS) is 16.1. The van der Waals surface area contributed by atoms with E-state index in [1.807, 2.05) is 43.3 Å². The van der Waals surface area contributed by atoms with Crippen molar-refractivity contribution in [3.8, 4) is 0 Å². The zero-order valence-corrected chi connectivity index (χ0v) is 18.1. The Hall–Kier alpha value is -3.45. The van der Waals surface area contributed by atoms with Crippen LogP contribution in [0.5, 0.6) is 0 Å². The molecule has 1 heterocycles. The van der Waals surface area contributed by atoms with Gasteiger partial charge in [-0.25, -0.2) is 13.4 Å². The fourth-order valence-corrected chi connectivity index (χ4v) is 4.74. The Balaban J connectivity index is 1.68. The Bertz CT molecular complexity index is 1240. The van der Waals surface area contributed by atoms with E-state index in [9.17, 15) is 13.2 Å². The largest absolute Gasteiger partial charge is 0.279 e. The summed E-state index contributed by atoms with van der Waals surface area (Å²) >= 11 is 0. The van der Waals surface area contributed by atoms with Gasteiger partial charge in [0, 0.05) is 18.9 Å². The van der Waals surface area contributed by atoms with Gasteiger partial charge in [0.25, 0.3) is 10.0 Å². The lowest BCUT2D eigenvalue weighted by Crippen LogP contribution is -2.24. The molecule has 3 aromatic rings. The van der Waals surface area contributed by atoms with Crippen LogP contribution in [0.4, 0.5) is 5.69 Å². The van der Waals surface area contributed by atoms with Gasteiger partial charge in [0.05, 0.1) is 22.3 Å². The first-order chi connectivity index (χ1) is 14.8. The number of hydrogen-bond acceptors (Lipinski definition) is 4. The van der Waals surface area contributed by atoms with Crippen molar-refractivity contribution in [3.05, 3.63) is 95.6 Å². The summed E-state index contributed by atoms with van der Waals surface area (Å²) in [4.78, 5) is 12.5. The minimum atomic E-state index is -3.75. The molecule has 4 rings (SSSR count). The minimum absolute atomic E-state index is 0.164. The summed E-state index contributed by atoms with van der Waals surface area (Å²) in [5.41, 5.74) is 3.87. The van der Waals surface area contributed by atoms with Gasteiger partial charge in [-0.2, -0.15) is 5.10 Å². The summed E-state index contributed by atoms with van der Waals surface area (Å²) in [7, 11) is -3.75. The van der Waals surface area contributed by atoms with Crippen molar-refractivity contribution in [2.45, 2.75) is 31.2 Å². The lowest BCUT2D eigenvalue weighted by molar-refractivity contribution is -0.130. The number of nitrogens with one attached hydrogen (secondary N) is 1. The van der Waals surface area contributed by atoms with Crippen molar-refractivity contribution in [2.75, 3.05) is 4.72 Å². The molecule has 1 N–H and O–H groups in total. The number of nitrogens with zero attached hydrogens (tertiary/aromatic N) is 2. The molecule has 0 aliphatic carbocycles. The highest BCUT2D eigenvalue weighted by molar-refractivity contribution is 7.92. The molecule has 7 heteroatoms. The molecule has 1 amide bonds. The number of para-hydroxylation sites is 1. The van der Waals surface area contributed by atoms with Crippen LogP contribution in [-0.4, -0.2) is 25.0 Å². The van der Waals surface area contributed by atoms with E-state index in [4.69, 9.17) is 0 Å². The van der Waals surface area contributed by atoms with Crippen LogP contribution in [0.2, 0.25) is 0 Å². The molecule has 0 bridgehead atoms. The molecule has 1 aliphatic heterocycles. The Labute approximate surface area is 182 Å². The zero-order valence-electron chi connectivity index (χ0n) is 17.3. The van der Waals surface area contributed by atoms with Gasteiger partial charge < -0.3 is 0 Å². The second-order valence-electron chi connectivity index (χ2n) is 7.51. The second-order valence-corrected chi connectivity index (χ2v) is 9.19. The molecule has 1 atom stereocenters. The molecular weight excluding hydrogens is 410 g/mol. The van der Waals surface area contributed by atoms with Crippen LogP contribution < -0.4 is 4.72 Å². The van der Waals surface area contributed by atoms with Gasteiger partial charge in [-0.3, -0.25) is 9.52 Å². The number of hydrazone groups is 1. The van der Waals surface area contributed by atoms with E-state index >= 15 is 0 Å². The molecule has 31 heavy (non-hydrogen) atoms. The maximum atomic E-state index is 12.8. The quantitative estimate of drug-likeness (QED) is 0.644. The number of carbonyl (C=O) groups is 1. The van der Waals surface area contributed by atoms with Crippen molar-refractivity contribution in [3.63, 3.8) is 0 Å². The predicted octanol–water partition coefficient (Wildman–Crippen LogP) is 4.49. The zero-order chi connectivity index (χ0) is 22.0. The highest BCUT2D eigenvalue weighted by atomic mass is 32.2. The van der Waals surface area contributed by atoms with Gasteiger partial charge in [0.1, 0.15) is 0 Å². The second kappa shape index (κ2) is 8.35. The third-order valence-corrected chi connectivity index (χ3v) is 6.61. The third kappa shape index (κ3) is 4.36. The number of benzene rings is 3. The summed E-state index contributed by atoms with van der Waals surface area (Å²) in [5, 5.41) is 6.04. The van der Waals surface area contributed by atoms with Gasteiger partial charge in [-0.15, -0.1) is 0 Å². The number of sulfonamides is 1. The molecule has 1 unspecified atom stereocenters. The van der Waals surface area contributed by atoms with E-state index in [2.05, 4.69) is 9.82 Å². The van der Waals surface area contributed by atoms with Crippen LogP contribution in [0.15, 0.2) is 88.9 Å². The number of hydrogen-bond donors (Lipinski definition) is 1. The van der Waals surface area contributed by atoms with Crippen molar-refractivity contribution in [1.82, 2.24) is 5.01 Å². The first-order valence-electron chi connectivity index (χ1n) is 9.96. The highest BCUT2D eigenvalue weighted by Gasteiger charge is 2.32. The van der Waals surface area contributed by atoms with Gasteiger partial charge in [-0.1, -0.05) is 66.2 Å². The van der Waals surface area contributed by atoms with Crippen molar-refractivity contribution in [1.29, 1.82) is 0 Å². The van der Waals surface area contributed by atoms with Crippen LogP contribution >= 0.6 is 0 Å². The van der Waals surface area contributed by atoms with Crippen LogP contribution in [0.25, 0.3) is 0 Å². The third-order valence-electron chi connectivity index (χ3n) is 5.23. The number of aryl methyl sites for hydroxylation is 1. The Morgan fingerprint density at radius 1 is 0.968 bits per heavy atom. The molecular formula is C24H23N3O3S. The fourth-order valence-electron chi connectivity index (χ4n) is 3.64. The Morgan fingerprint density at radius 2 is 1.61 bits per heavy atom. The van der Waals surface area contributed by atoms with Gasteiger partial charge >= 0.3 is 0 Å².